The zero-order chi connectivity index (χ0) is 9.90. The van der Waals surface area contributed by atoms with Crippen molar-refractivity contribution in [3.05, 3.63) is 0 Å². The van der Waals surface area contributed by atoms with Crippen LogP contribution in [0.25, 0.3) is 0 Å². The van der Waals surface area contributed by atoms with Gasteiger partial charge < -0.3 is 11.1 Å². The van der Waals surface area contributed by atoms with E-state index in [2.05, 4.69) is 5.32 Å². The Morgan fingerprint density at radius 1 is 1.69 bits per heavy atom. The smallest absolute Gasteiger partial charge is 0.331 e. The first-order valence-electron chi connectivity index (χ1n) is 4.56. The maximum absolute atomic E-state index is 11.2. The Morgan fingerprint density at radius 2 is 2.31 bits per heavy atom. The number of amides is 2. The molecule has 0 heterocycles. The van der Waals surface area contributed by atoms with E-state index in [0.717, 1.165) is 12.8 Å². The van der Waals surface area contributed by atoms with E-state index in [1.54, 1.807) is 0 Å². The lowest BCUT2D eigenvalue weighted by Gasteiger charge is -2.18. The molecule has 5 heteroatoms. The van der Waals surface area contributed by atoms with Gasteiger partial charge >= 0.3 is 6.03 Å². The zero-order valence-electron chi connectivity index (χ0n) is 7.92. The van der Waals surface area contributed by atoms with E-state index < -0.39 is 6.03 Å². The second-order valence-electron chi connectivity index (χ2n) is 3.76. The Bertz CT molecular complexity index is 192. The van der Waals surface area contributed by atoms with Crippen LogP contribution in [0.5, 0.6) is 0 Å². The number of rotatable bonds is 4. The Labute approximate surface area is 77.8 Å². The van der Waals surface area contributed by atoms with Crippen LogP contribution in [0.4, 0.5) is 4.79 Å². The summed E-state index contributed by atoms with van der Waals surface area (Å²) in [4.78, 5) is 11.2. The molecule has 0 radical (unpaired) electrons. The summed E-state index contributed by atoms with van der Waals surface area (Å²) in [5, 5.41) is 12.6. The maximum atomic E-state index is 11.2. The van der Waals surface area contributed by atoms with E-state index >= 15 is 0 Å². The van der Waals surface area contributed by atoms with Crippen LogP contribution >= 0.6 is 0 Å². The third kappa shape index (κ3) is 3.20. The summed E-state index contributed by atoms with van der Waals surface area (Å²) in [5.41, 5.74) is 5.16. The van der Waals surface area contributed by atoms with Crippen LogP contribution in [-0.2, 0) is 0 Å². The second-order valence-corrected chi connectivity index (χ2v) is 3.76. The Kier molecular flexibility index (Phi) is 3.11. The zero-order valence-corrected chi connectivity index (χ0v) is 7.92. The highest BCUT2D eigenvalue weighted by Crippen LogP contribution is 2.34. The molecule has 0 aromatic heterocycles. The number of nitrogens with zero attached hydrogens (tertiary/aromatic N) is 1. The Morgan fingerprint density at radius 3 is 2.77 bits per heavy atom. The summed E-state index contributed by atoms with van der Waals surface area (Å²) < 4.78 is 0. The van der Waals surface area contributed by atoms with Gasteiger partial charge in [0.2, 0.25) is 0 Å². The van der Waals surface area contributed by atoms with Gasteiger partial charge in [-0.3, -0.25) is 5.21 Å². The summed E-state index contributed by atoms with van der Waals surface area (Å²) in [5.74, 6) is 0. The molecule has 1 rings (SSSR count). The van der Waals surface area contributed by atoms with Crippen LogP contribution < -0.4 is 11.1 Å². The standard InChI is InChI=1S/C8H17N3O2/c1-8(3-4-8)10-7(12)11(13)6-2-5-9/h13H,2-6,9H2,1H3,(H,10,12). The fourth-order valence-corrected chi connectivity index (χ4v) is 0.978. The van der Waals surface area contributed by atoms with Gasteiger partial charge in [-0.25, -0.2) is 9.86 Å². The maximum Gasteiger partial charge on any atom is 0.341 e. The molecular formula is C8H17N3O2. The van der Waals surface area contributed by atoms with Gasteiger partial charge in [0, 0.05) is 5.54 Å². The molecule has 0 aromatic carbocycles. The predicted molar refractivity (Wildman–Crippen MR) is 48.3 cm³/mol. The number of carbonyl (C=O) groups is 1. The molecular weight excluding hydrogens is 170 g/mol. The molecule has 0 spiro atoms. The quantitative estimate of drug-likeness (QED) is 0.437. The fraction of sp³-hybridized carbons (Fsp3) is 0.875. The van der Waals surface area contributed by atoms with Crippen molar-refractivity contribution in [2.45, 2.75) is 31.7 Å². The van der Waals surface area contributed by atoms with Gasteiger partial charge in [0.15, 0.2) is 0 Å². The molecule has 1 aliphatic rings. The lowest BCUT2D eigenvalue weighted by Crippen LogP contribution is -2.44. The fourth-order valence-electron chi connectivity index (χ4n) is 0.978. The monoisotopic (exact) mass is 187 g/mol. The highest BCUT2D eigenvalue weighted by atomic mass is 16.5. The van der Waals surface area contributed by atoms with Crippen molar-refractivity contribution < 1.29 is 10.0 Å². The van der Waals surface area contributed by atoms with Crippen molar-refractivity contribution >= 4 is 6.03 Å². The van der Waals surface area contributed by atoms with Gasteiger partial charge in [0.25, 0.3) is 0 Å². The minimum Gasteiger partial charge on any atom is -0.331 e. The molecule has 0 aliphatic heterocycles. The first kappa shape index (κ1) is 10.3. The van der Waals surface area contributed by atoms with E-state index in [-0.39, 0.29) is 5.54 Å². The predicted octanol–water partition coefficient (Wildman–Crippen LogP) is 0.289. The number of nitrogens with two attached hydrogens (primary N) is 1. The first-order chi connectivity index (χ1) is 6.07. The summed E-state index contributed by atoms with van der Waals surface area (Å²) in [7, 11) is 0. The van der Waals surface area contributed by atoms with Crippen molar-refractivity contribution in [2.75, 3.05) is 13.1 Å². The third-order valence-electron chi connectivity index (χ3n) is 2.22. The minimum absolute atomic E-state index is 0.0826. The summed E-state index contributed by atoms with van der Waals surface area (Å²) in [6.45, 7) is 2.72. The first-order valence-corrected chi connectivity index (χ1v) is 4.56. The van der Waals surface area contributed by atoms with E-state index in [4.69, 9.17) is 5.73 Å². The van der Waals surface area contributed by atoms with Crippen molar-refractivity contribution in [2.24, 2.45) is 5.73 Å². The molecule has 1 aliphatic carbocycles. The number of hydrogen-bond donors (Lipinski definition) is 3. The van der Waals surface area contributed by atoms with E-state index in [1.807, 2.05) is 6.92 Å². The number of hydrogen-bond acceptors (Lipinski definition) is 3. The molecule has 0 atom stereocenters. The Balaban J connectivity index is 2.21. The highest BCUT2D eigenvalue weighted by molar-refractivity contribution is 5.74. The van der Waals surface area contributed by atoms with E-state index in [0.29, 0.717) is 24.6 Å². The largest absolute Gasteiger partial charge is 0.341 e. The van der Waals surface area contributed by atoms with Crippen LogP contribution in [0.3, 0.4) is 0 Å². The van der Waals surface area contributed by atoms with Crippen LogP contribution in [0.1, 0.15) is 26.2 Å². The number of carbonyl (C=O) groups excluding carboxylic acids is 1. The summed E-state index contributed by atoms with van der Waals surface area (Å²) in [6, 6.07) is -0.423. The van der Waals surface area contributed by atoms with Crippen LogP contribution in [-0.4, -0.2) is 34.9 Å². The molecule has 0 saturated heterocycles. The molecule has 76 valence electrons. The SMILES string of the molecule is CC1(NC(=O)N(O)CCCN)CC1. The number of nitrogens with one attached hydrogen (secondary N) is 1. The van der Waals surface area contributed by atoms with Gasteiger partial charge in [0.1, 0.15) is 0 Å². The van der Waals surface area contributed by atoms with Gasteiger partial charge in [-0.15, -0.1) is 0 Å². The molecule has 0 unspecified atom stereocenters. The van der Waals surface area contributed by atoms with Crippen molar-refractivity contribution in [3.8, 4) is 0 Å². The van der Waals surface area contributed by atoms with E-state index in [9.17, 15) is 10.0 Å². The summed E-state index contributed by atoms with van der Waals surface area (Å²) >= 11 is 0. The van der Waals surface area contributed by atoms with Crippen molar-refractivity contribution in [1.82, 2.24) is 10.4 Å². The van der Waals surface area contributed by atoms with Gasteiger partial charge in [0.05, 0.1) is 6.54 Å². The minimum atomic E-state index is -0.423. The molecule has 4 N–H and O–H groups in total. The lowest BCUT2D eigenvalue weighted by atomic mass is 10.3. The molecule has 0 aromatic rings. The van der Waals surface area contributed by atoms with Crippen LogP contribution in [0, 0.1) is 0 Å². The molecule has 5 nitrogen and oxygen atoms in total. The molecule has 1 fully saturated rings. The number of hydroxylamine groups is 2. The third-order valence-corrected chi connectivity index (χ3v) is 2.22. The number of urea groups is 1. The second kappa shape index (κ2) is 3.93. The molecule has 13 heavy (non-hydrogen) atoms. The normalized spacial score (nSPS) is 18.1. The molecule has 0 bridgehead atoms. The average Bonchev–Trinajstić information content (AvgIpc) is 2.79. The molecule has 1 saturated carbocycles. The van der Waals surface area contributed by atoms with Crippen molar-refractivity contribution in [3.63, 3.8) is 0 Å². The van der Waals surface area contributed by atoms with Gasteiger partial charge in [-0.05, 0) is 32.7 Å². The van der Waals surface area contributed by atoms with Gasteiger partial charge in [-0.2, -0.15) is 0 Å². The van der Waals surface area contributed by atoms with Crippen molar-refractivity contribution in [1.29, 1.82) is 0 Å². The lowest BCUT2D eigenvalue weighted by molar-refractivity contribution is -0.0444. The van der Waals surface area contributed by atoms with Crippen LogP contribution in [0.2, 0.25) is 0 Å². The Hall–Kier alpha value is -0.810. The highest BCUT2D eigenvalue weighted by Gasteiger charge is 2.39. The molecule has 2 amide bonds. The van der Waals surface area contributed by atoms with E-state index in [1.165, 1.54) is 0 Å². The van der Waals surface area contributed by atoms with Crippen LogP contribution in [0.15, 0.2) is 0 Å². The van der Waals surface area contributed by atoms with Gasteiger partial charge in [-0.1, -0.05) is 0 Å². The average molecular weight is 187 g/mol. The summed E-state index contributed by atoms with van der Waals surface area (Å²) in [6.07, 6.45) is 2.59. The topological polar surface area (TPSA) is 78.6 Å².